The van der Waals surface area contributed by atoms with E-state index < -0.39 is 0 Å². The van der Waals surface area contributed by atoms with Crippen LogP contribution in [0.15, 0.2) is 29.3 Å². The molecule has 0 bridgehead atoms. The zero-order chi connectivity index (χ0) is 17.4. The van der Waals surface area contributed by atoms with Crippen molar-refractivity contribution in [2.24, 2.45) is 4.99 Å². The zero-order valence-corrected chi connectivity index (χ0v) is 15.1. The number of piperidine rings is 1. The van der Waals surface area contributed by atoms with Gasteiger partial charge in [-0.05, 0) is 26.0 Å². The average Bonchev–Trinajstić information content (AvgIpc) is 3.07. The first-order valence-corrected chi connectivity index (χ1v) is 9.29. The molecule has 2 N–H and O–H groups in total. The van der Waals surface area contributed by atoms with Crippen LogP contribution >= 0.6 is 0 Å². The van der Waals surface area contributed by atoms with E-state index in [2.05, 4.69) is 44.7 Å². The fourth-order valence-electron chi connectivity index (χ4n) is 4.25. The lowest BCUT2D eigenvalue weighted by atomic mass is 9.90. The maximum absolute atomic E-state index is 12.0. The van der Waals surface area contributed by atoms with E-state index in [-0.39, 0.29) is 17.6 Å². The van der Waals surface area contributed by atoms with Gasteiger partial charge < -0.3 is 15.5 Å². The van der Waals surface area contributed by atoms with Crippen molar-refractivity contribution >= 4 is 17.4 Å². The van der Waals surface area contributed by atoms with E-state index in [0.717, 1.165) is 44.9 Å². The SMILES string of the molecule is CC(C)NC(=O)CN1CCC2(CC1)Nc1ccccc1C1=NCCN12. The van der Waals surface area contributed by atoms with Gasteiger partial charge in [-0.15, -0.1) is 0 Å². The fraction of sp³-hybridized carbons (Fsp3) is 0.579. The first-order valence-electron chi connectivity index (χ1n) is 9.29. The molecule has 1 spiro atoms. The molecule has 0 atom stereocenters. The number of amides is 1. The van der Waals surface area contributed by atoms with Crippen LogP contribution < -0.4 is 10.6 Å². The molecule has 4 rings (SSSR count). The van der Waals surface area contributed by atoms with E-state index in [4.69, 9.17) is 4.99 Å². The summed E-state index contributed by atoms with van der Waals surface area (Å²) in [4.78, 5) is 21.5. The molecular formula is C19H27N5O. The number of para-hydroxylation sites is 1. The number of carbonyl (C=O) groups excluding carboxylic acids is 1. The highest BCUT2D eigenvalue weighted by molar-refractivity contribution is 6.06. The van der Waals surface area contributed by atoms with E-state index in [1.165, 1.54) is 11.3 Å². The first-order chi connectivity index (χ1) is 12.1. The van der Waals surface area contributed by atoms with E-state index >= 15 is 0 Å². The van der Waals surface area contributed by atoms with Crippen molar-refractivity contribution in [1.82, 2.24) is 15.1 Å². The van der Waals surface area contributed by atoms with Gasteiger partial charge in [0.15, 0.2) is 0 Å². The second-order valence-corrected chi connectivity index (χ2v) is 7.56. The van der Waals surface area contributed by atoms with Gasteiger partial charge in [0.1, 0.15) is 11.5 Å². The molecule has 0 radical (unpaired) electrons. The second kappa shape index (κ2) is 6.33. The highest BCUT2D eigenvalue weighted by atomic mass is 16.2. The third-order valence-electron chi connectivity index (χ3n) is 5.39. The van der Waals surface area contributed by atoms with Crippen molar-refractivity contribution < 1.29 is 4.79 Å². The van der Waals surface area contributed by atoms with Crippen molar-refractivity contribution in [3.8, 4) is 0 Å². The summed E-state index contributed by atoms with van der Waals surface area (Å²) >= 11 is 0. The first kappa shape index (κ1) is 16.4. The molecule has 6 nitrogen and oxygen atoms in total. The number of benzene rings is 1. The predicted octanol–water partition coefficient (Wildman–Crippen LogP) is 1.49. The number of hydrogen-bond donors (Lipinski definition) is 2. The Morgan fingerprint density at radius 1 is 1.28 bits per heavy atom. The van der Waals surface area contributed by atoms with Gasteiger partial charge in [-0.1, -0.05) is 12.1 Å². The predicted molar refractivity (Wildman–Crippen MR) is 99.9 cm³/mol. The molecular weight excluding hydrogens is 314 g/mol. The van der Waals surface area contributed by atoms with Crippen LogP contribution in [0, 0.1) is 0 Å². The summed E-state index contributed by atoms with van der Waals surface area (Å²) in [6, 6.07) is 8.66. The summed E-state index contributed by atoms with van der Waals surface area (Å²) in [5.74, 6) is 1.26. The Kier molecular flexibility index (Phi) is 4.15. The molecule has 1 aromatic rings. The molecule has 134 valence electrons. The standard InChI is InChI=1S/C19H27N5O/c1-14(2)21-17(25)13-23-10-7-19(8-11-23)22-16-6-4-3-5-15(16)18-20-9-12-24(18)19/h3-6,14,22H,7-13H2,1-2H3,(H,21,25). The Morgan fingerprint density at radius 2 is 2.04 bits per heavy atom. The largest absolute Gasteiger partial charge is 0.362 e. The molecule has 3 aliphatic rings. The van der Waals surface area contributed by atoms with E-state index in [1.807, 2.05) is 13.8 Å². The van der Waals surface area contributed by atoms with Crippen LogP contribution in [0.1, 0.15) is 32.3 Å². The Bertz CT molecular complexity index is 691. The molecule has 1 fully saturated rings. The van der Waals surface area contributed by atoms with Gasteiger partial charge in [0, 0.05) is 49.8 Å². The molecule has 25 heavy (non-hydrogen) atoms. The van der Waals surface area contributed by atoms with Crippen molar-refractivity contribution in [1.29, 1.82) is 0 Å². The number of fused-ring (bicyclic) bond motifs is 4. The maximum atomic E-state index is 12.0. The van der Waals surface area contributed by atoms with Crippen LogP contribution in [0.5, 0.6) is 0 Å². The number of likely N-dealkylation sites (tertiary alicyclic amines) is 1. The van der Waals surface area contributed by atoms with Crippen molar-refractivity contribution in [2.45, 2.75) is 38.4 Å². The third kappa shape index (κ3) is 2.99. The molecule has 0 unspecified atom stereocenters. The number of amidine groups is 1. The van der Waals surface area contributed by atoms with Gasteiger partial charge in [-0.2, -0.15) is 0 Å². The van der Waals surface area contributed by atoms with Crippen molar-refractivity contribution in [2.75, 3.05) is 38.0 Å². The van der Waals surface area contributed by atoms with Crippen LogP contribution in [0.25, 0.3) is 0 Å². The number of carbonyl (C=O) groups is 1. The minimum absolute atomic E-state index is 0.0608. The molecule has 1 saturated heterocycles. The summed E-state index contributed by atoms with van der Waals surface area (Å²) in [5.41, 5.74) is 2.34. The monoisotopic (exact) mass is 341 g/mol. The molecule has 0 aliphatic carbocycles. The van der Waals surface area contributed by atoms with Crippen LogP contribution in [-0.2, 0) is 4.79 Å². The van der Waals surface area contributed by atoms with Crippen LogP contribution in [-0.4, -0.2) is 66.0 Å². The highest BCUT2D eigenvalue weighted by Crippen LogP contribution is 2.39. The summed E-state index contributed by atoms with van der Waals surface area (Å²) in [6.07, 6.45) is 1.99. The molecule has 0 aromatic heterocycles. The Labute approximate surface area is 149 Å². The van der Waals surface area contributed by atoms with Crippen LogP contribution in [0.4, 0.5) is 5.69 Å². The van der Waals surface area contributed by atoms with Gasteiger partial charge in [-0.3, -0.25) is 14.7 Å². The Balaban J connectivity index is 1.48. The maximum Gasteiger partial charge on any atom is 0.234 e. The fourth-order valence-corrected chi connectivity index (χ4v) is 4.25. The van der Waals surface area contributed by atoms with Crippen LogP contribution in [0.3, 0.4) is 0 Å². The number of rotatable bonds is 3. The highest BCUT2D eigenvalue weighted by Gasteiger charge is 2.46. The smallest absolute Gasteiger partial charge is 0.234 e. The Hall–Kier alpha value is -2.08. The summed E-state index contributed by atoms with van der Waals surface area (Å²) in [6.45, 7) is 8.18. The number of anilines is 1. The molecule has 0 saturated carbocycles. The number of hydrogen-bond acceptors (Lipinski definition) is 5. The van der Waals surface area contributed by atoms with Gasteiger partial charge in [0.05, 0.1) is 13.1 Å². The lowest BCUT2D eigenvalue weighted by Crippen LogP contribution is -2.63. The topological polar surface area (TPSA) is 60.0 Å². The van der Waals surface area contributed by atoms with Gasteiger partial charge in [0.2, 0.25) is 5.91 Å². The zero-order valence-electron chi connectivity index (χ0n) is 15.1. The van der Waals surface area contributed by atoms with Crippen LogP contribution in [0.2, 0.25) is 0 Å². The number of aliphatic imine (C=N–C) groups is 1. The average molecular weight is 341 g/mol. The van der Waals surface area contributed by atoms with Gasteiger partial charge in [0.25, 0.3) is 0 Å². The summed E-state index contributed by atoms with van der Waals surface area (Å²) in [7, 11) is 0. The van der Waals surface area contributed by atoms with E-state index in [0.29, 0.717) is 6.54 Å². The summed E-state index contributed by atoms with van der Waals surface area (Å²) in [5, 5.41) is 6.79. The summed E-state index contributed by atoms with van der Waals surface area (Å²) < 4.78 is 0. The van der Waals surface area contributed by atoms with Crippen molar-refractivity contribution in [3.63, 3.8) is 0 Å². The normalized spacial score (nSPS) is 21.6. The second-order valence-electron chi connectivity index (χ2n) is 7.56. The molecule has 1 aromatic carbocycles. The minimum Gasteiger partial charge on any atom is -0.362 e. The van der Waals surface area contributed by atoms with E-state index in [9.17, 15) is 4.79 Å². The van der Waals surface area contributed by atoms with E-state index in [1.54, 1.807) is 0 Å². The molecule has 3 aliphatic heterocycles. The molecule has 6 heteroatoms. The van der Waals surface area contributed by atoms with Gasteiger partial charge in [-0.25, -0.2) is 0 Å². The lowest BCUT2D eigenvalue weighted by molar-refractivity contribution is -0.123. The molecule has 1 amide bonds. The van der Waals surface area contributed by atoms with Crippen molar-refractivity contribution in [3.05, 3.63) is 29.8 Å². The van der Waals surface area contributed by atoms with Gasteiger partial charge >= 0.3 is 0 Å². The Morgan fingerprint density at radius 3 is 2.80 bits per heavy atom. The quantitative estimate of drug-likeness (QED) is 0.875. The number of nitrogens with zero attached hydrogens (tertiary/aromatic N) is 3. The third-order valence-corrected chi connectivity index (χ3v) is 5.39. The molecule has 3 heterocycles. The minimum atomic E-state index is -0.0608. The number of nitrogens with one attached hydrogen (secondary N) is 2. The lowest BCUT2D eigenvalue weighted by Gasteiger charge is -2.52.